The number of benzene rings is 1. The molecule has 1 rings (SSSR count). The standard InChI is InChI=1S/C14H19NO5S/c1-10-8-13(6-4-12(10)5-7-14(17)18)21(19,20)15(3)9-11(2)16/h4-8,11,16H,9H2,1-3H3,(H,17,18). The molecule has 1 aromatic rings. The number of nitrogens with zero attached hydrogens (tertiary/aromatic N) is 1. The van der Waals surface area contributed by atoms with Crippen molar-refractivity contribution >= 4 is 22.1 Å². The molecule has 1 atom stereocenters. The Morgan fingerprint density at radius 2 is 2.05 bits per heavy atom. The quantitative estimate of drug-likeness (QED) is 0.767. The average Bonchev–Trinajstić information content (AvgIpc) is 2.36. The monoisotopic (exact) mass is 313 g/mol. The Kier molecular flexibility index (Phi) is 5.65. The minimum absolute atomic E-state index is 0.00203. The van der Waals surface area contributed by atoms with E-state index in [1.165, 1.54) is 32.2 Å². The first kappa shape index (κ1) is 17.4. The van der Waals surface area contributed by atoms with Crippen molar-refractivity contribution < 1.29 is 23.4 Å². The molecule has 0 aliphatic carbocycles. The Bertz CT molecular complexity index is 649. The van der Waals surface area contributed by atoms with E-state index in [1.54, 1.807) is 13.0 Å². The van der Waals surface area contributed by atoms with Gasteiger partial charge in [-0.2, -0.15) is 4.31 Å². The van der Waals surface area contributed by atoms with Crippen LogP contribution in [0.1, 0.15) is 18.1 Å². The summed E-state index contributed by atoms with van der Waals surface area (Å²) in [5.41, 5.74) is 1.29. The number of sulfonamides is 1. The lowest BCUT2D eigenvalue weighted by Crippen LogP contribution is -2.33. The first-order valence-corrected chi connectivity index (χ1v) is 7.74. The van der Waals surface area contributed by atoms with Crippen molar-refractivity contribution in [1.29, 1.82) is 0 Å². The van der Waals surface area contributed by atoms with Crippen molar-refractivity contribution in [1.82, 2.24) is 4.31 Å². The molecule has 0 spiro atoms. The molecule has 0 radical (unpaired) electrons. The Balaban J connectivity index is 3.11. The van der Waals surface area contributed by atoms with Gasteiger partial charge in [0.2, 0.25) is 10.0 Å². The second-order valence-corrected chi connectivity index (χ2v) is 6.87. The Labute approximate surface area is 124 Å². The van der Waals surface area contributed by atoms with Crippen molar-refractivity contribution in [3.05, 3.63) is 35.4 Å². The highest BCUT2D eigenvalue weighted by atomic mass is 32.2. The molecular weight excluding hydrogens is 294 g/mol. The van der Waals surface area contributed by atoms with Gasteiger partial charge in [0.15, 0.2) is 0 Å². The molecule has 21 heavy (non-hydrogen) atoms. The highest BCUT2D eigenvalue weighted by Crippen LogP contribution is 2.19. The molecule has 1 aromatic carbocycles. The van der Waals surface area contributed by atoms with Gasteiger partial charge in [-0.3, -0.25) is 0 Å². The molecule has 0 heterocycles. The van der Waals surface area contributed by atoms with E-state index in [2.05, 4.69) is 0 Å². The molecule has 0 fully saturated rings. The van der Waals surface area contributed by atoms with Crippen LogP contribution in [0, 0.1) is 6.92 Å². The number of carbonyl (C=O) groups is 1. The summed E-state index contributed by atoms with van der Waals surface area (Å²) in [5, 5.41) is 17.9. The van der Waals surface area contributed by atoms with Crippen LogP contribution in [-0.2, 0) is 14.8 Å². The van der Waals surface area contributed by atoms with E-state index in [1.807, 2.05) is 0 Å². The number of aliphatic hydroxyl groups excluding tert-OH is 1. The molecule has 0 saturated carbocycles. The van der Waals surface area contributed by atoms with Gasteiger partial charge in [0.05, 0.1) is 11.0 Å². The fourth-order valence-electron chi connectivity index (χ4n) is 1.81. The summed E-state index contributed by atoms with van der Waals surface area (Å²) >= 11 is 0. The van der Waals surface area contributed by atoms with Crippen LogP contribution >= 0.6 is 0 Å². The van der Waals surface area contributed by atoms with Crippen LogP contribution < -0.4 is 0 Å². The van der Waals surface area contributed by atoms with Gasteiger partial charge in [-0.25, -0.2) is 13.2 Å². The van der Waals surface area contributed by atoms with Gasteiger partial charge in [-0.05, 0) is 43.2 Å². The summed E-state index contributed by atoms with van der Waals surface area (Å²) in [7, 11) is -2.27. The van der Waals surface area contributed by atoms with Gasteiger partial charge in [0, 0.05) is 19.7 Å². The second-order valence-electron chi connectivity index (χ2n) is 4.82. The number of hydrogen-bond donors (Lipinski definition) is 2. The number of aliphatic hydroxyl groups is 1. The smallest absolute Gasteiger partial charge is 0.328 e. The van der Waals surface area contributed by atoms with Crippen LogP contribution in [0.4, 0.5) is 0 Å². The molecule has 0 aliphatic rings. The van der Waals surface area contributed by atoms with Gasteiger partial charge in [-0.1, -0.05) is 6.07 Å². The normalized spacial score (nSPS) is 13.8. The lowest BCUT2D eigenvalue weighted by molar-refractivity contribution is -0.131. The van der Waals surface area contributed by atoms with Crippen molar-refractivity contribution in [2.45, 2.75) is 24.8 Å². The number of aryl methyl sites for hydroxylation is 1. The van der Waals surface area contributed by atoms with E-state index in [-0.39, 0.29) is 11.4 Å². The Morgan fingerprint density at radius 1 is 1.43 bits per heavy atom. The van der Waals surface area contributed by atoms with E-state index < -0.39 is 22.1 Å². The Morgan fingerprint density at radius 3 is 2.52 bits per heavy atom. The third kappa shape index (κ3) is 4.66. The zero-order chi connectivity index (χ0) is 16.2. The Hall–Kier alpha value is -1.70. The summed E-state index contributed by atoms with van der Waals surface area (Å²) in [6, 6.07) is 4.45. The molecular formula is C14H19NO5S. The highest BCUT2D eigenvalue weighted by Gasteiger charge is 2.22. The predicted molar refractivity (Wildman–Crippen MR) is 79.3 cm³/mol. The maximum absolute atomic E-state index is 12.3. The predicted octanol–water partition coefficient (Wildman–Crippen LogP) is 1.09. The van der Waals surface area contributed by atoms with Crippen LogP contribution in [0.25, 0.3) is 6.08 Å². The first-order valence-electron chi connectivity index (χ1n) is 6.30. The van der Waals surface area contributed by atoms with Gasteiger partial charge < -0.3 is 10.2 Å². The number of rotatable bonds is 6. The summed E-state index contributed by atoms with van der Waals surface area (Å²) in [6.07, 6.45) is 1.65. The number of aliphatic carboxylic acids is 1. The van der Waals surface area contributed by atoms with E-state index in [9.17, 15) is 18.3 Å². The van der Waals surface area contributed by atoms with Gasteiger partial charge in [0.1, 0.15) is 0 Å². The third-order valence-electron chi connectivity index (χ3n) is 2.88. The van der Waals surface area contributed by atoms with E-state index >= 15 is 0 Å². The van der Waals surface area contributed by atoms with Crippen LogP contribution in [-0.4, -0.2) is 48.6 Å². The van der Waals surface area contributed by atoms with Crippen molar-refractivity contribution in [3.63, 3.8) is 0 Å². The highest BCUT2D eigenvalue weighted by molar-refractivity contribution is 7.89. The number of hydrogen-bond acceptors (Lipinski definition) is 4. The lowest BCUT2D eigenvalue weighted by Gasteiger charge is -2.19. The van der Waals surface area contributed by atoms with Crippen LogP contribution in [0.2, 0.25) is 0 Å². The fourth-order valence-corrected chi connectivity index (χ4v) is 3.14. The molecule has 7 heteroatoms. The van der Waals surface area contributed by atoms with Crippen molar-refractivity contribution in [2.75, 3.05) is 13.6 Å². The van der Waals surface area contributed by atoms with Crippen molar-refractivity contribution in [3.8, 4) is 0 Å². The molecule has 6 nitrogen and oxygen atoms in total. The maximum atomic E-state index is 12.3. The number of likely N-dealkylation sites (N-methyl/N-ethyl adjacent to an activating group) is 1. The molecule has 0 aromatic heterocycles. The third-order valence-corrected chi connectivity index (χ3v) is 4.70. The van der Waals surface area contributed by atoms with Crippen LogP contribution in [0.15, 0.2) is 29.2 Å². The molecule has 0 bridgehead atoms. The fraction of sp³-hybridized carbons (Fsp3) is 0.357. The van der Waals surface area contributed by atoms with E-state index in [4.69, 9.17) is 5.11 Å². The molecule has 2 N–H and O–H groups in total. The van der Waals surface area contributed by atoms with Gasteiger partial charge in [0.25, 0.3) is 0 Å². The second kappa shape index (κ2) is 6.84. The van der Waals surface area contributed by atoms with Gasteiger partial charge in [-0.15, -0.1) is 0 Å². The molecule has 0 amide bonds. The summed E-state index contributed by atoms with van der Waals surface area (Å²) in [5.74, 6) is -1.07. The topological polar surface area (TPSA) is 94.9 Å². The molecule has 116 valence electrons. The zero-order valence-electron chi connectivity index (χ0n) is 12.1. The van der Waals surface area contributed by atoms with Crippen LogP contribution in [0.5, 0.6) is 0 Å². The summed E-state index contributed by atoms with van der Waals surface area (Å²) in [4.78, 5) is 10.6. The molecule has 0 saturated heterocycles. The lowest BCUT2D eigenvalue weighted by atomic mass is 10.1. The van der Waals surface area contributed by atoms with Crippen molar-refractivity contribution in [2.24, 2.45) is 0 Å². The minimum atomic E-state index is -3.67. The minimum Gasteiger partial charge on any atom is -0.478 e. The number of carboxylic acids is 1. The van der Waals surface area contributed by atoms with E-state index in [0.29, 0.717) is 11.1 Å². The van der Waals surface area contributed by atoms with Crippen LogP contribution in [0.3, 0.4) is 0 Å². The maximum Gasteiger partial charge on any atom is 0.328 e. The zero-order valence-corrected chi connectivity index (χ0v) is 13.0. The largest absolute Gasteiger partial charge is 0.478 e. The number of carboxylic acid groups (broad SMARTS) is 1. The SMILES string of the molecule is Cc1cc(S(=O)(=O)N(C)CC(C)O)ccc1C=CC(=O)O. The summed E-state index contributed by atoms with van der Waals surface area (Å²) < 4.78 is 25.7. The first-order chi connectivity index (χ1) is 9.64. The molecule has 0 aliphatic heterocycles. The summed E-state index contributed by atoms with van der Waals surface area (Å²) in [6.45, 7) is 3.22. The average molecular weight is 313 g/mol. The molecule has 1 unspecified atom stereocenters. The van der Waals surface area contributed by atoms with E-state index in [0.717, 1.165) is 10.4 Å². The van der Waals surface area contributed by atoms with Gasteiger partial charge >= 0.3 is 5.97 Å².